The number of allylic oxidation sites excluding steroid dienone is 1. The maximum atomic E-state index is 13.5. The van der Waals surface area contributed by atoms with Crippen molar-refractivity contribution >= 4 is 46.0 Å². The van der Waals surface area contributed by atoms with Crippen molar-refractivity contribution in [1.82, 2.24) is 10.2 Å². The van der Waals surface area contributed by atoms with E-state index in [0.717, 1.165) is 11.1 Å². The SMILES string of the molecule is C=CCOc1cccc(C2C(C(=O)C=Cc3ccccc3)=C(O)C(=O)N2c2nnc(SCc3ccccc3)s2)c1. The molecule has 2 heterocycles. The molecule has 0 radical (unpaired) electrons. The van der Waals surface area contributed by atoms with Crippen LogP contribution in [0.3, 0.4) is 0 Å². The molecule has 1 unspecified atom stereocenters. The summed E-state index contributed by atoms with van der Waals surface area (Å²) in [4.78, 5) is 28.3. The largest absolute Gasteiger partial charge is 0.503 e. The maximum Gasteiger partial charge on any atom is 0.296 e. The molecule has 0 saturated carbocycles. The monoisotopic (exact) mass is 567 g/mol. The molecule has 4 aromatic rings. The number of aliphatic hydroxyl groups excluding tert-OH is 1. The van der Waals surface area contributed by atoms with E-state index in [9.17, 15) is 14.7 Å². The molecular formula is C31H25N3O4S2. The second-order valence-electron chi connectivity index (χ2n) is 8.75. The van der Waals surface area contributed by atoms with Gasteiger partial charge in [-0.1, -0.05) is 115 Å². The number of rotatable bonds is 11. The van der Waals surface area contributed by atoms with Crippen molar-refractivity contribution in [2.75, 3.05) is 11.5 Å². The summed E-state index contributed by atoms with van der Waals surface area (Å²) >= 11 is 2.73. The molecule has 0 saturated heterocycles. The van der Waals surface area contributed by atoms with Crippen LogP contribution < -0.4 is 9.64 Å². The van der Waals surface area contributed by atoms with Gasteiger partial charge in [-0.2, -0.15) is 0 Å². The van der Waals surface area contributed by atoms with Crippen LogP contribution in [-0.4, -0.2) is 33.6 Å². The molecule has 40 heavy (non-hydrogen) atoms. The third kappa shape index (κ3) is 6.06. The van der Waals surface area contributed by atoms with Crippen LogP contribution in [0.25, 0.3) is 6.08 Å². The first-order valence-corrected chi connectivity index (χ1v) is 14.2. The van der Waals surface area contributed by atoms with Gasteiger partial charge in [0.25, 0.3) is 5.91 Å². The van der Waals surface area contributed by atoms with Crippen molar-refractivity contribution in [2.24, 2.45) is 0 Å². The van der Waals surface area contributed by atoms with Gasteiger partial charge in [0.15, 0.2) is 15.9 Å². The highest BCUT2D eigenvalue weighted by Gasteiger charge is 2.45. The van der Waals surface area contributed by atoms with E-state index >= 15 is 0 Å². The number of nitrogens with zero attached hydrogens (tertiary/aromatic N) is 3. The fourth-order valence-electron chi connectivity index (χ4n) is 4.20. The molecule has 1 aromatic heterocycles. The number of amides is 1. The highest BCUT2D eigenvalue weighted by molar-refractivity contribution is 8.00. The van der Waals surface area contributed by atoms with Crippen LogP contribution in [0, 0.1) is 0 Å². The lowest BCUT2D eigenvalue weighted by Crippen LogP contribution is -2.30. The van der Waals surface area contributed by atoms with Crippen molar-refractivity contribution in [2.45, 2.75) is 16.1 Å². The Balaban J connectivity index is 1.49. The van der Waals surface area contributed by atoms with E-state index < -0.39 is 23.5 Å². The van der Waals surface area contributed by atoms with Crippen molar-refractivity contribution in [3.63, 3.8) is 0 Å². The molecule has 1 amide bonds. The zero-order chi connectivity index (χ0) is 27.9. The van der Waals surface area contributed by atoms with Gasteiger partial charge in [0.2, 0.25) is 5.13 Å². The molecule has 3 aromatic carbocycles. The van der Waals surface area contributed by atoms with Gasteiger partial charge in [-0.05, 0) is 34.9 Å². The fourth-order valence-corrected chi connectivity index (χ4v) is 6.03. The smallest absolute Gasteiger partial charge is 0.296 e. The number of ketones is 1. The van der Waals surface area contributed by atoms with Gasteiger partial charge in [-0.15, -0.1) is 10.2 Å². The molecular weight excluding hydrogens is 542 g/mol. The summed E-state index contributed by atoms with van der Waals surface area (Å²) in [7, 11) is 0. The minimum Gasteiger partial charge on any atom is -0.503 e. The zero-order valence-electron chi connectivity index (χ0n) is 21.3. The Labute approximate surface area is 240 Å². The number of hydrogen-bond acceptors (Lipinski definition) is 8. The predicted molar refractivity (Wildman–Crippen MR) is 158 cm³/mol. The second-order valence-corrected chi connectivity index (χ2v) is 10.9. The molecule has 1 N–H and O–H groups in total. The number of hydrogen-bond donors (Lipinski definition) is 1. The first-order chi connectivity index (χ1) is 19.5. The molecule has 7 nitrogen and oxygen atoms in total. The Morgan fingerprint density at radius 3 is 2.55 bits per heavy atom. The summed E-state index contributed by atoms with van der Waals surface area (Å²) in [6, 6.07) is 25.4. The van der Waals surface area contributed by atoms with E-state index in [1.807, 2.05) is 60.7 Å². The molecule has 0 fully saturated rings. The first kappa shape index (κ1) is 27.1. The van der Waals surface area contributed by atoms with E-state index in [2.05, 4.69) is 16.8 Å². The standard InChI is InChI=1S/C31H25N3O4S2/c1-2-18-38-24-15-9-14-23(19-24)27-26(25(35)17-16-21-10-5-3-6-11-21)28(36)29(37)34(27)30-32-33-31(40-30)39-20-22-12-7-4-8-13-22/h2-17,19,27,36H,1,18,20H2. The van der Waals surface area contributed by atoms with Gasteiger partial charge in [-0.3, -0.25) is 14.5 Å². The van der Waals surface area contributed by atoms with E-state index in [1.165, 1.54) is 34.1 Å². The van der Waals surface area contributed by atoms with Crippen molar-refractivity contribution in [3.8, 4) is 5.75 Å². The van der Waals surface area contributed by atoms with Crippen LogP contribution in [0.4, 0.5) is 5.13 Å². The number of anilines is 1. The van der Waals surface area contributed by atoms with Crippen molar-refractivity contribution in [3.05, 3.63) is 132 Å². The fraction of sp³-hybridized carbons (Fsp3) is 0.0968. The summed E-state index contributed by atoms with van der Waals surface area (Å²) in [5, 5.41) is 19.8. The Morgan fingerprint density at radius 2 is 1.80 bits per heavy atom. The number of carbonyl (C=O) groups excluding carboxylic acids is 2. The summed E-state index contributed by atoms with van der Waals surface area (Å²) in [5.41, 5.74) is 2.50. The first-order valence-electron chi connectivity index (χ1n) is 12.4. The molecule has 200 valence electrons. The van der Waals surface area contributed by atoms with Crippen LogP contribution in [0.5, 0.6) is 5.75 Å². The molecule has 1 aliphatic rings. The molecule has 1 atom stereocenters. The Morgan fingerprint density at radius 1 is 1.05 bits per heavy atom. The Hall–Kier alpha value is -4.47. The highest BCUT2D eigenvalue weighted by atomic mass is 32.2. The van der Waals surface area contributed by atoms with Gasteiger partial charge in [-0.25, -0.2) is 0 Å². The lowest BCUT2D eigenvalue weighted by Gasteiger charge is -2.24. The quantitative estimate of drug-likeness (QED) is 0.0947. The number of aliphatic hydroxyl groups is 1. The van der Waals surface area contributed by atoms with Gasteiger partial charge in [0.05, 0.1) is 11.6 Å². The van der Waals surface area contributed by atoms with Crippen LogP contribution in [-0.2, 0) is 15.3 Å². The van der Waals surface area contributed by atoms with Crippen LogP contribution >= 0.6 is 23.1 Å². The number of benzene rings is 3. The van der Waals surface area contributed by atoms with Crippen LogP contribution in [0.1, 0.15) is 22.7 Å². The van der Waals surface area contributed by atoms with Gasteiger partial charge >= 0.3 is 0 Å². The van der Waals surface area contributed by atoms with Crippen LogP contribution in [0.15, 0.2) is 119 Å². The molecule has 0 bridgehead atoms. The molecule has 0 aliphatic carbocycles. The van der Waals surface area contributed by atoms with Crippen molar-refractivity contribution in [1.29, 1.82) is 0 Å². The van der Waals surface area contributed by atoms with E-state index in [1.54, 1.807) is 36.4 Å². The zero-order valence-corrected chi connectivity index (χ0v) is 23.0. The lowest BCUT2D eigenvalue weighted by atomic mass is 9.95. The van der Waals surface area contributed by atoms with E-state index in [4.69, 9.17) is 4.74 Å². The minimum absolute atomic E-state index is 0.0354. The predicted octanol–water partition coefficient (Wildman–Crippen LogP) is 6.58. The number of aromatic nitrogens is 2. The van der Waals surface area contributed by atoms with Gasteiger partial charge in [0.1, 0.15) is 12.4 Å². The average Bonchev–Trinajstić information content (AvgIpc) is 3.56. The third-order valence-corrected chi connectivity index (χ3v) is 8.18. The molecule has 0 spiro atoms. The summed E-state index contributed by atoms with van der Waals surface area (Å²) in [6.45, 7) is 3.97. The topological polar surface area (TPSA) is 92.6 Å². The van der Waals surface area contributed by atoms with E-state index in [0.29, 0.717) is 28.0 Å². The maximum absolute atomic E-state index is 13.5. The van der Waals surface area contributed by atoms with Crippen molar-refractivity contribution < 1.29 is 19.4 Å². The number of ether oxygens (including phenoxy) is 1. The lowest BCUT2D eigenvalue weighted by molar-refractivity contribution is -0.117. The summed E-state index contributed by atoms with van der Waals surface area (Å²) < 4.78 is 6.37. The summed E-state index contributed by atoms with van der Waals surface area (Å²) in [5.74, 6) is -0.581. The normalized spacial score (nSPS) is 15.2. The van der Waals surface area contributed by atoms with Gasteiger partial charge in [0, 0.05) is 5.75 Å². The summed E-state index contributed by atoms with van der Waals surface area (Å²) in [6.07, 6.45) is 4.65. The average molecular weight is 568 g/mol. The third-order valence-electron chi connectivity index (χ3n) is 6.05. The molecule has 5 rings (SSSR count). The van der Waals surface area contributed by atoms with E-state index in [-0.39, 0.29) is 10.7 Å². The number of carbonyl (C=O) groups is 2. The number of thioether (sulfide) groups is 1. The van der Waals surface area contributed by atoms with Gasteiger partial charge < -0.3 is 9.84 Å². The Bertz CT molecular complexity index is 1580. The van der Waals surface area contributed by atoms with Crippen LogP contribution in [0.2, 0.25) is 0 Å². The minimum atomic E-state index is -0.923. The Kier molecular flexibility index (Phi) is 8.53. The molecule has 1 aliphatic heterocycles. The molecule has 9 heteroatoms. The second kappa shape index (κ2) is 12.6. The highest BCUT2D eigenvalue weighted by Crippen LogP contribution is 2.44.